The molecular formula is C22H29F3N4O2. The Morgan fingerprint density at radius 3 is 2.74 bits per heavy atom. The van der Waals surface area contributed by atoms with Crippen LogP contribution in [0, 0.1) is 11.3 Å². The molecule has 1 amide bonds. The van der Waals surface area contributed by atoms with E-state index in [-0.39, 0.29) is 36.6 Å². The summed E-state index contributed by atoms with van der Waals surface area (Å²) >= 11 is 0. The average Bonchev–Trinajstić information content (AvgIpc) is 3.10. The number of nitrogens with one attached hydrogen (secondary N) is 2. The Morgan fingerprint density at radius 2 is 2.10 bits per heavy atom. The van der Waals surface area contributed by atoms with Crippen molar-refractivity contribution in [3.05, 3.63) is 35.4 Å². The molecule has 170 valence electrons. The molecule has 1 heterocycles. The van der Waals surface area contributed by atoms with Crippen molar-refractivity contribution >= 4 is 11.9 Å². The molecule has 1 saturated heterocycles. The highest BCUT2D eigenvalue weighted by atomic mass is 19.4. The average molecular weight is 438 g/mol. The van der Waals surface area contributed by atoms with Crippen LogP contribution in [-0.4, -0.2) is 56.2 Å². The van der Waals surface area contributed by atoms with E-state index in [4.69, 9.17) is 4.74 Å². The molecule has 1 aromatic rings. The largest absolute Gasteiger partial charge is 0.416 e. The SMILES string of the molecule is CN(C)C(=O)CNC(=NCc1cccc(C(F)(F)F)c1)NC1C2CCOC2C12CCC2. The third-order valence-corrected chi connectivity index (χ3v) is 6.91. The van der Waals surface area contributed by atoms with Gasteiger partial charge in [-0.15, -0.1) is 0 Å². The van der Waals surface area contributed by atoms with Crippen molar-refractivity contribution in [2.24, 2.45) is 16.3 Å². The first kappa shape index (κ1) is 21.9. The van der Waals surface area contributed by atoms with Gasteiger partial charge in [0.05, 0.1) is 24.8 Å². The monoisotopic (exact) mass is 438 g/mol. The summed E-state index contributed by atoms with van der Waals surface area (Å²) in [6.45, 7) is 0.907. The molecule has 2 saturated carbocycles. The molecule has 3 fully saturated rings. The molecule has 0 aromatic heterocycles. The first-order valence-electron chi connectivity index (χ1n) is 10.7. The van der Waals surface area contributed by atoms with Crippen LogP contribution in [0.15, 0.2) is 29.3 Å². The van der Waals surface area contributed by atoms with Gasteiger partial charge >= 0.3 is 6.18 Å². The van der Waals surface area contributed by atoms with Gasteiger partial charge in [-0.1, -0.05) is 18.6 Å². The van der Waals surface area contributed by atoms with E-state index < -0.39 is 11.7 Å². The van der Waals surface area contributed by atoms with Gasteiger partial charge in [-0.2, -0.15) is 13.2 Å². The number of hydrogen-bond acceptors (Lipinski definition) is 3. The highest BCUT2D eigenvalue weighted by molar-refractivity contribution is 5.86. The maximum atomic E-state index is 13.0. The van der Waals surface area contributed by atoms with E-state index in [0.29, 0.717) is 17.4 Å². The fourth-order valence-corrected chi connectivity index (χ4v) is 5.09. The highest BCUT2D eigenvalue weighted by Gasteiger charge is 2.66. The van der Waals surface area contributed by atoms with E-state index in [9.17, 15) is 18.0 Å². The molecule has 2 aliphatic carbocycles. The van der Waals surface area contributed by atoms with Crippen LogP contribution < -0.4 is 10.6 Å². The number of fused-ring (bicyclic) bond motifs is 2. The molecule has 3 atom stereocenters. The first-order valence-corrected chi connectivity index (χ1v) is 10.7. The number of nitrogens with zero attached hydrogens (tertiary/aromatic N) is 2. The zero-order valence-corrected chi connectivity index (χ0v) is 17.8. The lowest BCUT2D eigenvalue weighted by Gasteiger charge is -2.63. The van der Waals surface area contributed by atoms with Crippen LogP contribution >= 0.6 is 0 Å². The van der Waals surface area contributed by atoms with Crippen LogP contribution in [0.1, 0.15) is 36.8 Å². The summed E-state index contributed by atoms with van der Waals surface area (Å²) in [5.41, 5.74) is -0.113. The highest BCUT2D eigenvalue weighted by Crippen LogP contribution is 2.62. The van der Waals surface area contributed by atoms with Crippen LogP contribution in [0.4, 0.5) is 13.2 Å². The van der Waals surface area contributed by atoms with Gasteiger partial charge in [0, 0.05) is 38.1 Å². The normalized spacial score (nSPS) is 26.6. The summed E-state index contributed by atoms with van der Waals surface area (Å²) in [4.78, 5) is 18.1. The van der Waals surface area contributed by atoms with Crippen molar-refractivity contribution < 1.29 is 22.7 Å². The first-order chi connectivity index (χ1) is 14.7. The Morgan fingerprint density at radius 1 is 1.32 bits per heavy atom. The standard InChI is InChI=1S/C22H29F3N4O2/c1-29(2)17(30)13-27-20(26-12-14-5-3-6-15(11-14)22(23,24)25)28-18-16-7-10-31-19(16)21(18)8-4-9-21/h3,5-6,11,16,18-19H,4,7-10,12-13H2,1-2H3,(H2,26,27,28). The summed E-state index contributed by atoms with van der Waals surface area (Å²) in [6.07, 6.45) is 0.256. The number of ether oxygens (including phenoxy) is 1. The predicted octanol–water partition coefficient (Wildman–Crippen LogP) is 2.79. The van der Waals surface area contributed by atoms with Gasteiger partial charge in [0.25, 0.3) is 0 Å². The van der Waals surface area contributed by atoms with Crippen LogP contribution in [0.5, 0.6) is 0 Å². The number of benzene rings is 1. The lowest BCUT2D eigenvalue weighted by atomic mass is 9.46. The number of hydrogen-bond donors (Lipinski definition) is 2. The summed E-state index contributed by atoms with van der Waals surface area (Å²) in [6, 6.07) is 5.38. The third kappa shape index (κ3) is 4.24. The molecule has 0 radical (unpaired) electrons. The quantitative estimate of drug-likeness (QED) is 0.548. The van der Waals surface area contributed by atoms with Crippen LogP contribution in [0.25, 0.3) is 0 Å². The van der Waals surface area contributed by atoms with Crippen molar-refractivity contribution in [1.29, 1.82) is 0 Å². The Labute approximate surface area is 180 Å². The van der Waals surface area contributed by atoms with E-state index in [1.807, 2.05) is 0 Å². The Kier molecular flexibility index (Phi) is 5.89. The van der Waals surface area contributed by atoms with E-state index in [1.54, 1.807) is 20.2 Å². The lowest BCUT2D eigenvalue weighted by molar-refractivity contribution is -0.171. The number of rotatable bonds is 5. The molecule has 1 spiro atoms. The Balaban J connectivity index is 1.50. The smallest absolute Gasteiger partial charge is 0.377 e. The predicted molar refractivity (Wildman–Crippen MR) is 110 cm³/mol. The number of aliphatic imine (C=N–C) groups is 1. The number of likely N-dealkylation sites (N-methyl/N-ethyl adjacent to an activating group) is 1. The molecule has 1 aromatic carbocycles. The number of alkyl halides is 3. The number of carbonyl (C=O) groups is 1. The van der Waals surface area contributed by atoms with Crippen LogP contribution in [0.3, 0.4) is 0 Å². The molecule has 3 aliphatic rings. The second-order valence-corrected chi connectivity index (χ2v) is 8.96. The fourth-order valence-electron chi connectivity index (χ4n) is 5.09. The van der Waals surface area contributed by atoms with Crippen LogP contribution in [-0.2, 0) is 22.3 Å². The second-order valence-electron chi connectivity index (χ2n) is 8.96. The van der Waals surface area contributed by atoms with Gasteiger partial charge < -0.3 is 20.3 Å². The fraction of sp³-hybridized carbons (Fsp3) is 0.636. The number of halogens is 3. The molecular weight excluding hydrogens is 409 g/mol. The van der Waals surface area contributed by atoms with Gasteiger partial charge in [-0.3, -0.25) is 4.79 Å². The van der Waals surface area contributed by atoms with Gasteiger partial charge in [-0.25, -0.2) is 4.99 Å². The van der Waals surface area contributed by atoms with Crippen molar-refractivity contribution in [1.82, 2.24) is 15.5 Å². The molecule has 0 bridgehead atoms. The van der Waals surface area contributed by atoms with Crippen molar-refractivity contribution in [2.75, 3.05) is 27.2 Å². The van der Waals surface area contributed by atoms with Gasteiger partial charge in [0.1, 0.15) is 0 Å². The minimum absolute atomic E-state index is 0.0612. The lowest BCUT2D eigenvalue weighted by Crippen LogP contribution is -2.72. The molecule has 3 unspecified atom stereocenters. The maximum absolute atomic E-state index is 13.0. The Hall–Kier alpha value is -2.29. The molecule has 31 heavy (non-hydrogen) atoms. The second kappa shape index (κ2) is 8.33. The number of amides is 1. The van der Waals surface area contributed by atoms with Gasteiger partial charge in [0.2, 0.25) is 5.91 Å². The van der Waals surface area contributed by atoms with Crippen LogP contribution in [0.2, 0.25) is 0 Å². The van der Waals surface area contributed by atoms with Crippen molar-refractivity contribution in [3.63, 3.8) is 0 Å². The summed E-state index contributed by atoms with van der Waals surface area (Å²) in [7, 11) is 3.35. The zero-order chi connectivity index (χ0) is 22.2. The zero-order valence-electron chi connectivity index (χ0n) is 17.8. The van der Waals surface area contributed by atoms with E-state index in [0.717, 1.165) is 38.0 Å². The Bertz CT molecular complexity index is 851. The summed E-state index contributed by atoms with van der Waals surface area (Å²) in [5.74, 6) is 0.752. The molecule has 1 aliphatic heterocycles. The van der Waals surface area contributed by atoms with E-state index >= 15 is 0 Å². The van der Waals surface area contributed by atoms with Crippen molar-refractivity contribution in [3.8, 4) is 0 Å². The summed E-state index contributed by atoms with van der Waals surface area (Å²) in [5, 5.41) is 6.56. The molecule has 6 nitrogen and oxygen atoms in total. The van der Waals surface area contributed by atoms with Crippen molar-refractivity contribution in [2.45, 2.75) is 50.6 Å². The number of carbonyl (C=O) groups excluding carboxylic acids is 1. The third-order valence-electron chi connectivity index (χ3n) is 6.91. The minimum Gasteiger partial charge on any atom is -0.377 e. The van der Waals surface area contributed by atoms with E-state index in [2.05, 4.69) is 15.6 Å². The molecule has 4 rings (SSSR count). The summed E-state index contributed by atoms with van der Waals surface area (Å²) < 4.78 is 45.0. The van der Waals surface area contributed by atoms with Gasteiger partial charge in [0.15, 0.2) is 5.96 Å². The number of guanidine groups is 1. The molecule has 2 N–H and O–H groups in total. The van der Waals surface area contributed by atoms with E-state index in [1.165, 1.54) is 17.4 Å². The van der Waals surface area contributed by atoms with Gasteiger partial charge in [-0.05, 0) is 37.0 Å². The maximum Gasteiger partial charge on any atom is 0.416 e. The minimum atomic E-state index is -4.39. The molecule has 9 heteroatoms. The topological polar surface area (TPSA) is 66.0 Å².